The van der Waals surface area contributed by atoms with Gasteiger partial charge in [-0.1, -0.05) is 66.7 Å². The minimum Gasteiger partial charge on any atom is -0.349 e. The second-order valence-corrected chi connectivity index (χ2v) is 7.07. The molecule has 4 heteroatoms. The van der Waals surface area contributed by atoms with Crippen LogP contribution in [-0.2, 0) is 11.2 Å². The van der Waals surface area contributed by atoms with Gasteiger partial charge in [0.2, 0.25) is 5.91 Å². The molecular formula is C22H21NO2S. The van der Waals surface area contributed by atoms with Crippen molar-refractivity contribution in [2.75, 3.05) is 0 Å². The predicted octanol–water partition coefficient (Wildman–Crippen LogP) is 4.81. The number of ketones is 1. The van der Waals surface area contributed by atoms with E-state index in [1.165, 1.54) is 11.3 Å². The Bertz CT molecular complexity index is 829. The van der Waals surface area contributed by atoms with Crippen molar-refractivity contribution in [3.8, 4) is 0 Å². The molecule has 132 valence electrons. The van der Waals surface area contributed by atoms with E-state index in [1.807, 2.05) is 60.0 Å². The Labute approximate surface area is 157 Å². The van der Waals surface area contributed by atoms with Crippen LogP contribution in [0, 0.1) is 0 Å². The lowest BCUT2D eigenvalue weighted by Crippen LogP contribution is -2.30. The number of Topliss-reactive ketones (excluding diaryl/α,β-unsaturated/α-hetero) is 1. The van der Waals surface area contributed by atoms with Crippen LogP contribution in [0.5, 0.6) is 0 Å². The van der Waals surface area contributed by atoms with Crippen molar-refractivity contribution in [1.82, 2.24) is 5.32 Å². The molecule has 3 nitrogen and oxygen atoms in total. The third kappa shape index (κ3) is 5.14. The summed E-state index contributed by atoms with van der Waals surface area (Å²) >= 11 is 1.41. The minimum absolute atomic E-state index is 0.0227. The first kappa shape index (κ1) is 18.1. The second kappa shape index (κ2) is 9.11. The zero-order valence-corrected chi connectivity index (χ0v) is 15.2. The van der Waals surface area contributed by atoms with Crippen LogP contribution in [-0.4, -0.2) is 11.7 Å². The van der Waals surface area contributed by atoms with Crippen molar-refractivity contribution in [3.05, 3.63) is 94.2 Å². The lowest BCUT2D eigenvalue weighted by atomic mass is 9.98. The van der Waals surface area contributed by atoms with Crippen LogP contribution >= 0.6 is 11.3 Å². The molecule has 2 aromatic carbocycles. The number of rotatable bonds is 8. The van der Waals surface area contributed by atoms with Crippen molar-refractivity contribution in [1.29, 1.82) is 0 Å². The molecule has 0 unspecified atom stereocenters. The van der Waals surface area contributed by atoms with Crippen LogP contribution in [0.4, 0.5) is 0 Å². The molecule has 0 aliphatic carbocycles. The Kier molecular flexibility index (Phi) is 6.34. The third-order valence-electron chi connectivity index (χ3n) is 4.19. The highest BCUT2D eigenvalue weighted by Gasteiger charge is 2.16. The quantitative estimate of drug-likeness (QED) is 0.584. The van der Waals surface area contributed by atoms with Gasteiger partial charge >= 0.3 is 0 Å². The minimum atomic E-state index is -0.108. The molecule has 0 spiro atoms. The van der Waals surface area contributed by atoms with Gasteiger partial charge in [0.15, 0.2) is 5.78 Å². The second-order valence-electron chi connectivity index (χ2n) is 6.12. The molecule has 26 heavy (non-hydrogen) atoms. The van der Waals surface area contributed by atoms with Crippen LogP contribution in [0.2, 0.25) is 0 Å². The molecule has 1 heterocycles. The summed E-state index contributed by atoms with van der Waals surface area (Å²) in [7, 11) is 0. The maximum Gasteiger partial charge on any atom is 0.220 e. The van der Waals surface area contributed by atoms with Gasteiger partial charge in [0.05, 0.1) is 10.9 Å². The molecule has 3 rings (SSSR count). The number of thiophene rings is 1. The Hall–Kier alpha value is -2.72. The molecular weight excluding hydrogens is 342 g/mol. The number of hydrogen-bond acceptors (Lipinski definition) is 3. The van der Waals surface area contributed by atoms with Crippen LogP contribution in [0.3, 0.4) is 0 Å². The first-order valence-corrected chi connectivity index (χ1v) is 9.55. The summed E-state index contributed by atoms with van der Waals surface area (Å²) < 4.78 is 0. The summed E-state index contributed by atoms with van der Waals surface area (Å²) in [5.74, 6) is -0.0749. The fraction of sp³-hybridized carbons (Fsp3) is 0.182. The van der Waals surface area contributed by atoms with Gasteiger partial charge in [-0.2, -0.15) is 0 Å². The largest absolute Gasteiger partial charge is 0.349 e. The molecule has 0 radical (unpaired) electrons. The summed E-state index contributed by atoms with van der Waals surface area (Å²) in [6.45, 7) is 0. The number of hydrogen-bond donors (Lipinski definition) is 1. The smallest absolute Gasteiger partial charge is 0.220 e. The number of amides is 1. The van der Waals surface area contributed by atoms with Gasteiger partial charge in [-0.15, -0.1) is 11.3 Å². The summed E-state index contributed by atoms with van der Waals surface area (Å²) in [5.41, 5.74) is 2.23. The van der Waals surface area contributed by atoms with E-state index >= 15 is 0 Å². The lowest BCUT2D eigenvalue weighted by molar-refractivity contribution is -0.121. The molecule has 0 saturated carbocycles. The molecule has 0 aliphatic rings. The van der Waals surface area contributed by atoms with Crippen molar-refractivity contribution >= 4 is 23.0 Å². The highest BCUT2D eigenvalue weighted by atomic mass is 32.1. The third-order valence-corrected chi connectivity index (χ3v) is 5.11. The van der Waals surface area contributed by atoms with E-state index in [2.05, 4.69) is 17.4 Å². The predicted molar refractivity (Wildman–Crippen MR) is 105 cm³/mol. The van der Waals surface area contributed by atoms with Crippen molar-refractivity contribution in [3.63, 3.8) is 0 Å². The SMILES string of the molecule is O=C(CCC(=O)c1cccs1)N[C@H](Cc1ccccc1)c1ccccc1. The van der Waals surface area contributed by atoms with Crippen LogP contribution < -0.4 is 5.32 Å². The van der Waals surface area contributed by atoms with E-state index in [0.29, 0.717) is 4.88 Å². The average Bonchev–Trinajstić information content (AvgIpc) is 3.22. The maximum absolute atomic E-state index is 12.4. The Morgan fingerprint density at radius 3 is 2.19 bits per heavy atom. The number of carbonyl (C=O) groups is 2. The van der Waals surface area contributed by atoms with Gasteiger partial charge in [0.1, 0.15) is 0 Å². The monoisotopic (exact) mass is 363 g/mol. The van der Waals surface area contributed by atoms with Crippen LogP contribution in [0.25, 0.3) is 0 Å². The highest BCUT2D eigenvalue weighted by molar-refractivity contribution is 7.12. The Morgan fingerprint density at radius 2 is 1.54 bits per heavy atom. The number of nitrogens with one attached hydrogen (secondary N) is 1. The summed E-state index contributed by atoms with van der Waals surface area (Å²) in [6, 6.07) is 23.6. The van der Waals surface area contributed by atoms with Crippen molar-refractivity contribution in [2.24, 2.45) is 0 Å². The van der Waals surface area contributed by atoms with Gasteiger partial charge in [-0.05, 0) is 29.0 Å². The van der Waals surface area contributed by atoms with Gasteiger partial charge in [0, 0.05) is 12.8 Å². The average molecular weight is 363 g/mol. The molecule has 0 bridgehead atoms. The Morgan fingerprint density at radius 1 is 0.846 bits per heavy atom. The normalized spacial score (nSPS) is 11.7. The van der Waals surface area contributed by atoms with E-state index < -0.39 is 0 Å². The zero-order chi connectivity index (χ0) is 18.2. The van der Waals surface area contributed by atoms with Gasteiger partial charge in [-0.25, -0.2) is 0 Å². The number of benzene rings is 2. The van der Waals surface area contributed by atoms with Crippen LogP contribution in [0.15, 0.2) is 78.2 Å². The van der Waals surface area contributed by atoms with E-state index in [-0.39, 0.29) is 30.6 Å². The van der Waals surface area contributed by atoms with E-state index in [1.54, 1.807) is 6.07 Å². The number of carbonyl (C=O) groups excluding carboxylic acids is 2. The van der Waals surface area contributed by atoms with Crippen LogP contribution in [0.1, 0.15) is 39.7 Å². The van der Waals surface area contributed by atoms with Crippen molar-refractivity contribution < 1.29 is 9.59 Å². The van der Waals surface area contributed by atoms with E-state index in [9.17, 15) is 9.59 Å². The van der Waals surface area contributed by atoms with E-state index in [0.717, 1.165) is 17.5 Å². The molecule has 0 saturated heterocycles. The molecule has 0 fully saturated rings. The van der Waals surface area contributed by atoms with Gasteiger partial charge < -0.3 is 5.32 Å². The van der Waals surface area contributed by atoms with Crippen molar-refractivity contribution in [2.45, 2.75) is 25.3 Å². The molecule has 1 amide bonds. The topological polar surface area (TPSA) is 46.2 Å². The first-order valence-electron chi connectivity index (χ1n) is 8.67. The molecule has 0 aliphatic heterocycles. The van der Waals surface area contributed by atoms with E-state index in [4.69, 9.17) is 0 Å². The lowest BCUT2D eigenvalue weighted by Gasteiger charge is -2.19. The molecule has 1 aromatic heterocycles. The summed E-state index contributed by atoms with van der Waals surface area (Å²) in [4.78, 5) is 25.2. The zero-order valence-electron chi connectivity index (χ0n) is 14.4. The fourth-order valence-electron chi connectivity index (χ4n) is 2.84. The summed E-state index contributed by atoms with van der Waals surface area (Å²) in [5, 5.41) is 4.97. The molecule has 3 aromatic rings. The van der Waals surface area contributed by atoms with Gasteiger partial charge in [0.25, 0.3) is 0 Å². The fourth-order valence-corrected chi connectivity index (χ4v) is 3.54. The highest BCUT2D eigenvalue weighted by Crippen LogP contribution is 2.19. The first-order chi connectivity index (χ1) is 12.7. The molecule has 1 atom stereocenters. The van der Waals surface area contributed by atoms with Gasteiger partial charge in [-0.3, -0.25) is 9.59 Å². The molecule has 1 N–H and O–H groups in total. The summed E-state index contributed by atoms with van der Waals surface area (Å²) in [6.07, 6.45) is 1.16. The Balaban J connectivity index is 1.63. The standard InChI is InChI=1S/C22H21NO2S/c24-20(21-12-7-15-26-21)13-14-22(25)23-19(18-10-5-2-6-11-18)16-17-8-3-1-4-9-17/h1-12,15,19H,13-14,16H2,(H,23,25)/t19-/m1/s1. The maximum atomic E-state index is 12.4.